The highest BCUT2D eigenvalue weighted by Gasteiger charge is 2.28. The summed E-state index contributed by atoms with van der Waals surface area (Å²) in [6.45, 7) is 2.38. The number of aromatic nitrogens is 2. The molecule has 1 aromatic carbocycles. The molecule has 3 heterocycles. The van der Waals surface area contributed by atoms with Crippen molar-refractivity contribution in [2.45, 2.75) is 36.5 Å². The van der Waals surface area contributed by atoms with E-state index in [0.717, 1.165) is 48.7 Å². The highest BCUT2D eigenvalue weighted by molar-refractivity contribution is 7.98. The molecule has 0 unspecified atom stereocenters. The summed E-state index contributed by atoms with van der Waals surface area (Å²) >= 11 is 1.74. The molecule has 3 aromatic rings. The number of nitrogens with zero attached hydrogens (tertiary/aromatic N) is 2. The molecule has 2 atom stereocenters. The molecule has 31 heavy (non-hydrogen) atoms. The smallest absolute Gasteiger partial charge is 0.220 e. The van der Waals surface area contributed by atoms with Crippen molar-refractivity contribution in [2.24, 2.45) is 11.8 Å². The second kappa shape index (κ2) is 11.1. The van der Waals surface area contributed by atoms with Gasteiger partial charge in [0.1, 0.15) is 5.76 Å². The van der Waals surface area contributed by atoms with Crippen LogP contribution in [0.25, 0.3) is 0 Å². The Hall–Kier alpha value is -2.64. The van der Waals surface area contributed by atoms with Gasteiger partial charge in [-0.1, -0.05) is 29.4 Å². The summed E-state index contributed by atoms with van der Waals surface area (Å²) < 4.78 is 5.56. The first-order valence-corrected chi connectivity index (χ1v) is 11.7. The number of amides is 1. The van der Waals surface area contributed by atoms with Gasteiger partial charge in [0.15, 0.2) is 0 Å². The van der Waals surface area contributed by atoms with Crippen molar-refractivity contribution in [3.8, 4) is 0 Å². The van der Waals surface area contributed by atoms with Gasteiger partial charge in [-0.2, -0.15) is 0 Å². The fourth-order valence-corrected chi connectivity index (χ4v) is 4.75. The molecule has 2 aromatic heterocycles. The lowest BCUT2D eigenvalue weighted by molar-refractivity contribution is -0.122. The zero-order valence-electron chi connectivity index (χ0n) is 17.5. The van der Waals surface area contributed by atoms with E-state index in [0.29, 0.717) is 24.8 Å². The van der Waals surface area contributed by atoms with Gasteiger partial charge in [0, 0.05) is 36.3 Å². The van der Waals surface area contributed by atoms with Crippen molar-refractivity contribution in [3.05, 3.63) is 77.9 Å². The second-order valence-corrected chi connectivity index (χ2v) is 8.99. The molecule has 7 heteroatoms. The van der Waals surface area contributed by atoms with Crippen molar-refractivity contribution in [1.29, 1.82) is 0 Å². The molecule has 6 nitrogen and oxygen atoms in total. The average molecular weight is 437 g/mol. The molecule has 4 rings (SSSR count). The van der Waals surface area contributed by atoms with E-state index in [1.54, 1.807) is 24.2 Å². The lowest BCUT2D eigenvalue weighted by Gasteiger charge is -2.31. The maximum Gasteiger partial charge on any atom is 0.220 e. The quantitative estimate of drug-likeness (QED) is 0.496. The fourth-order valence-electron chi connectivity index (χ4n) is 3.96. The van der Waals surface area contributed by atoms with Gasteiger partial charge in [0.2, 0.25) is 5.91 Å². The Morgan fingerprint density at radius 1 is 1.19 bits per heavy atom. The largest absolute Gasteiger partial charge is 0.360 e. The van der Waals surface area contributed by atoms with Crippen molar-refractivity contribution in [2.75, 3.05) is 13.1 Å². The molecule has 0 spiro atoms. The highest BCUT2D eigenvalue weighted by atomic mass is 32.2. The van der Waals surface area contributed by atoms with Gasteiger partial charge >= 0.3 is 0 Å². The molecule has 0 aliphatic carbocycles. The summed E-state index contributed by atoms with van der Waals surface area (Å²) in [5, 5.41) is 10.8. The Kier molecular flexibility index (Phi) is 7.74. The first-order chi connectivity index (χ1) is 15.3. The van der Waals surface area contributed by atoms with Gasteiger partial charge < -0.3 is 15.2 Å². The fraction of sp³-hybridized carbons (Fsp3) is 0.375. The average Bonchev–Trinajstić information content (AvgIpc) is 3.26. The Morgan fingerprint density at radius 3 is 2.94 bits per heavy atom. The van der Waals surface area contributed by atoms with Crippen LogP contribution in [0.15, 0.2) is 70.3 Å². The molecule has 1 amide bonds. The minimum absolute atomic E-state index is 0.0980. The summed E-state index contributed by atoms with van der Waals surface area (Å²) in [6.07, 6.45) is 5.89. The van der Waals surface area contributed by atoms with E-state index in [4.69, 9.17) is 4.52 Å². The van der Waals surface area contributed by atoms with Crippen LogP contribution >= 0.6 is 11.8 Å². The SMILES string of the molecule is O=C(C[C@@H]1CCNC[C@@H]1Cc1cc(CSc2ccccc2)on1)NCc1cccnc1. The topological polar surface area (TPSA) is 80.0 Å². The lowest BCUT2D eigenvalue weighted by atomic mass is 9.81. The van der Waals surface area contributed by atoms with Gasteiger partial charge in [-0.25, -0.2) is 0 Å². The third kappa shape index (κ3) is 6.67. The number of nitrogens with one attached hydrogen (secondary N) is 2. The molecular weight excluding hydrogens is 408 g/mol. The summed E-state index contributed by atoms with van der Waals surface area (Å²) in [6, 6.07) is 16.2. The van der Waals surface area contributed by atoms with E-state index in [1.165, 1.54) is 4.90 Å². The molecule has 2 N–H and O–H groups in total. The maximum absolute atomic E-state index is 12.5. The first-order valence-electron chi connectivity index (χ1n) is 10.7. The normalized spacial score (nSPS) is 18.6. The van der Waals surface area contributed by atoms with Crippen LogP contribution in [0.2, 0.25) is 0 Å². The van der Waals surface area contributed by atoms with E-state index < -0.39 is 0 Å². The number of rotatable bonds is 9. The zero-order valence-corrected chi connectivity index (χ0v) is 18.3. The van der Waals surface area contributed by atoms with Crippen molar-refractivity contribution >= 4 is 17.7 Å². The van der Waals surface area contributed by atoms with Crippen LogP contribution < -0.4 is 10.6 Å². The van der Waals surface area contributed by atoms with Crippen molar-refractivity contribution < 1.29 is 9.32 Å². The molecular formula is C24H28N4O2S. The van der Waals surface area contributed by atoms with Gasteiger partial charge in [0.05, 0.1) is 11.4 Å². The third-order valence-electron chi connectivity index (χ3n) is 5.63. The summed E-state index contributed by atoms with van der Waals surface area (Å²) in [5.41, 5.74) is 1.99. The number of carbonyl (C=O) groups is 1. The molecule has 1 aliphatic rings. The Morgan fingerprint density at radius 2 is 2.10 bits per heavy atom. The van der Waals surface area contributed by atoms with Crippen LogP contribution in [0.5, 0.6) is 0 Å². The van der Waals surface area contributed by atoms with Gasteiger partial charge in [-0.15, -0.1) is 11.8 Å². The van der Waals surface area contributed by atoms with Crippen LogP contribution in [-0.2, 0) is 23.5 Å². The summed E-state index contributed by atoms with van der Waals surface area (Å²) in [4.78, 5) is 17.8. The molecule has 162 valence electrons. The van der Waals surface area contributed by atoms with Crippen LogP contribution in [0, 0.1) is 11.8 Å². The third-order valence-corrected chi connectivity index (χ3v) is 6.66. The zero-order chi connectivity index (χ0) is 21.3. The van der Waals surface area contributed by atoms with E-state index in [2.05, 4.69) is 39.0 Å². The number of benzene rings is 1. The van der Waals surface area contributed by atoms with Crippen LogP contribution in [0.4, 0.5) is 0 Å². The van der Waals surface area contributed by atoms with E-state index >= 15 is 0 Å². The van der Waals surface area contributed by atoms with Crippen LogP contribution in [-0.4, -0.2) is 29.1 Å². The molecule has 0 saturated carbocycles. The Labute approximate surface area is 187 Å². The maximum atomic E-state index is 12.5. The minimum Gasteiger partial charge on any atom is -0.360 e. The Bertz CT molecular complexity index is 948. The van der Waals surface area contributed by atoms with Crippen LogP contribution in [0.3, 0.4) is 0 Å². The van der Waals surface area contributed by atoms with E-state index in [9.17, 15) is 4.79 Å². The highest BCUT2D eigenvalue weighted by Crippen LogP contribution is 2.27. The lowest BCUT2D eigenvalue weighted by Crippen LogP contribution is -2.40. The standard InChI is InChI=1S/C24H28N4O2S/c29-24(27-15-18-5-4-9-25-14-18)12-19-8-10-26-16-20(19)11-21-13-22(30-28-21)17-31-23-6-2-1-3-7-23/h1-7,9,13-14,19-20,26H,8,10-12,15-17H2,(H,27,29)/t19-,20-/m0/s1. The Balaban J connectivity index is 1.27. The van der Waals surface area contributed by atoms with Crippen molar-refractivity contribution in [3.63, 3.8) is 0 Å². The molecule has 0 bridgehead atoms. The number of piperidine rings is 1. The minimum atomic E-state index is 0.0980. The summed E-state index contributed by atoms with van der Waals surface area (Å²) in [7, 11) is 0. The number of carbonyl (C=O) groups excluding carboxylic acids is 1. The number of thioether (sulfide) groups is 1. The molecule has 0 radical (unpaired) electrons. The first kappa shape index (κ1) is 21.6. The van der Waals surface area contributed by atoms with Gasteiger partial charge in [-0.05, 0) is 61.5 Å². The predicted molar refractivity (Wildman–Crippen MR) is 121 cm³/mol. The number of pyridine rings is 1. The van der Waals surface area contributed by atoms with E-state index in [-0.39, 0.29) is 5.91 Å². The summed E-state index contributed by atoms with van der Waals surface area (Å²) in [5.74, 6) is 2.46. The second-order valence-electron chi connectivity index (χ2n) is 7.95. The predicted octanol–water partition coefficient (Wildman–Crippen LogP) is 3.84. The van der Waals surface area contributed by atoms with E-state index in [1.807, 2.05) is 30.3 Å². The number of hydrogen-bond acceptors (Lipinski definition) is 6. The van der Waals surface area contributed by atoms with Crippen molar-refractivity contribution in [1.82, 2.24) is 20.8 Å². The molecule has 1 fully saturated rings. The van der Waals surface area contributed by atoms with Crippen LogP contribution in [0.1, 0.15) is 29.9 Å². The van der Waals surface area contributed by atoms with Gasteiger partial charge in [-0.3, -0.25) is 9.78 Å². The monoisotopic (exact) mass is 436 g/mol. The number of hydrogen-bond donors (Lipinski definition) is 2. The molecule has 1 aliphatic heterocycles. The van der Waals surface area contributed by atoms with Gasteiger partial charge in [0.25, 0.3) is 0 Å². The molecule has 1 saturated heterocycles.